The van der Waals surface area contributed by atoms with Gasteiger partial charge in [-0.1, -0.05) is 42.1 Å². The number of thioether (sulfide) groups is 1. The van der Waals surface area contributed by atoms with Crippen LogP contribution in [0.4, 0.5) is 4.39 Å². The molecule has 0 radical (unpaired) electrons. The van der Waals surface area contributed by atoms with Crippen LogP contribution in [-0.2, 0) is 5.75 Å². The molecule has 0 fully saturated rings. The zero-order valence-electron chi connectivity index (χ0n) is 15.4. The van der Waals surface area contributed by atoms with Crippen LogP contribution in [0, 0.1) is 5.82 Å². The van der Waals surface area contributed by atoms with E-state index in [9.17, 15) is 4.39 Å². The number of hydrogen-bond acceptors (Lipinski definition) is 3. The molecule has 0 saturated heterocycles. The van der Waals surface area contributed by atoms with Crippen molar-refractivity contribution in [3.05, 3.63) is 96.4 Å². The predicted molar refractivity (Wildman–Crippen MR) is 112 cm³/mol. The molecule has 0 amide bonds. The fraction of sp³-hybridized carbons (Fsp3) is 0.0870. The van der Waals surface area contributed by atoms with Crippen LogP contribution in [0.25, 0.3) is 16.9 Å². The summed E-state index contributed by atoms with van der Waals surface area (Å²) in [5, 5.41) is 0.883. The Morgan fingerprint density at radius 2 is 1.64 bits per heavy atom. The van der Waals surface area contributed by atoms with Gasteiger partial charge in [-0.25, -0.2) is 9.37 Å². The molecule has 28 heavy (non-hydrogen) atoms. The monoisotopic (exact) mass is 390 g/mol. The topological polar surface area (TPSA) is 27.1 Å². The summed E-state index contributed by atoms with van der Waals surface area (Å²) in [6.07, 6.45) is 1.84. The van der Waals surface area contributed by atoms with E-state index >= 15 is 0 Å². The van der Waals surface area contributed by atoms with Crippen LogP contribution in [0.5, 0.6) is 5.75 Å². The van der Waals surface area contributed by atoms with Crippen LogP contribution in [0.1, 0.15) is 5.56 Å². The molecule has 0 aliphatic carbocycles. The molecule has 4 rings (SSSR count). The molecule has 5 heteroatoms. The number of rotatable bonds is 6. The van der Waals surface area contributed by atoms with E-state index < -0.39 is 0 Å². The highest BCUT2D eigenvalue weighted by Gasteiger charge is 2.14. The summed E-state index contributed by atoms with van der Waals surface area (Å²) in [5.41, 5.74) is 4.05. The quantitative estimate of drug-likeness (QED) is 0.379. The van der Waals surface area contributed by atoms with Gasteiger partial charge < -0.3 is 4.74 Å². The summed E-state index contributed by atoms with van der Waals surface area (Å²) >= 11 is 1.67. The molecule has 1 heterocycles. The van der Waals surface area contributed by atoms with Crippen molar-refractivity contribution in [3.63, 3.8) is 0 Å². The first-order valence-electron chi connectivity index (χ1n) is 8.89. The average molecular weight is 390 g/mol. The SMILES string of the molecule is COc1ccc(-n2c(-c3ccc(F)cc3)cnc2SCc2ccccc2)cc1. The van der Waals surface area contributed by atoms with Crippen molar-refractivity contribution in [2.75, 3.05) is 7.11 Å². The number of ether oxygens (including phenoxy) is 1. The Labute approximate surface area is 167 Å². The first-order chi connectivity index (χ1) is 13.7. The van der Waals surface area contributed by atoms with E-state index in [1.807, 2.05) is 48.7 Å². The normalized spacial score (nSPS) is 10.8. The lowest BCUT2D eigenvalue weighted by Crippen LogP contribution is -1.99. The van der Waals surface area contributed by atoms with Crippen LogP contribution in [0.15, 0.2) is 90.2 Å². The van der Waals surface area contributed by atoms with Gasteiger partial charge in [0, 0.05) is 17.0 Å². The Balaban J connectivity index is 1.73. The number of imidazole rings is 1. The van der Waals surface area contributed by atoms with Gasteiger partial charge in [-0.2, -0.15) is 0 Å². The maximum Gasteiger partial charge on any atom is 0.173 e. The van der Waals surface area contributed by atoms with E-state index in [0.717, 1.165) is 33.6 Å². The highest BCUT2D eigenvalue weighted by atomic mass is 32.2. The van der Waals surface area contributed by atoms with Crippen LogP contribution < -0.4 is 4.74 Å². The molecule has 4 aromatic rings. The van der Waals surface area contributed by atoms with Crippen molar-refractivity contribution in [3.8, 4) is 22.7 Å². The van der Waals surface area contributed by atoms with Crippen molar-refractivity contribution in [2.45, 2.75) is 10.9 Å². The van der Waals surface area contributed by atoms with Gasteiger partial charge in [-0.05, 0) is 54.1 Å². The molecule has 0 bridgehead atoms. The van der Waals surface area contributed by atoms with Crippen LogP contribution >= 0.6 is 11.8 Å². The van der Waals surface area contributed by atoms with Gasteiger partial charge in [0.15, 0.2) is 5.16 Å². The second kappa shape index (κ2) is 8.31. The van der Waals surface area contributed by atoms with Gasteiger partial charge in [-0.15, -0.1) is 0 Å². The van der Waals surface area contributed by atoms with E-state index in [2.05, 4.69) is 21.7 Å². The summed E-state index contributed by atoms with van der Waals surface area (Å²) in [6.45, 7) is 0. The van der Waals surface area contributed by atoms with Gasteiger partial charge in [0.2, 0.25) is 0 Å². The maximum absolute atomic E-state index is 13.4. The highest BCUT2D eigenvalue weighted by Crippen LogP contribution is 2.32. The number of halogens is 1. The summed E-state index contributed by atoms with van der Waals surface area (Å²) in [7, 11) is 1.65. The van der Waals surface area contributed by atoms with Crippen molar-refractivity contribution in [1.82, 2.24) is 9.55 Å². The van der Waals surface area contributed by atoms with Crippen LogP contribution in [-0.4, -0.2) is 16.7 Å². The molecule has 140 valence electrons. The molecule has 0 saturated carbocycles. The maximum atomic E-state index is 13.4. The lowest BCUT2D eigenvalue weighted by molar-refractivity contribution is 0.414. The minimum absolute atomic E-state index is 0.252. The number of aromatic nitrogens is 2. The number of methoxy groups -OCH3 is 1. The average Bonchev–Trinajstić information content (AvgIpc) is 3.17. The summed E-state index contributed by atoms with van der Waals surface area (Å²) < 4.78 is 20.8. The zero-order chi connectivity index (χ0) is 19.3. The molecule has 0 aliphatic rings. The highest BCUT2D eigenvalue weighted by molar-refractivity contribution is 7.98. The molecule has 0 aliphatic heterocycles. The van der Waals surface area contributed by atoms with Crippen LogP contribution in [0.2, 0.25) is 0 Å². The molecule has 3 nitrogen and oxygen atoms in total. The van der Waals surface area contributed by atoms with Gasteiger partial charge in [0.05, 0.1) is 19.0 Å². The van der Waals surface area contributed by atoms with E-state index in [1.54, 1.807) is 31.0 Å². The largest absolute Gasteiger partial charge is 0.497 e. The first kappa shape index (κ1) is 18.3. The molecule has 0 spiro atoms. The lowest BCUT2D eigenvalue weighted by atomic mass is 10.1. The molecule has 0 atom stereocenters. The smallest absolute Gasteiger partial charge is 0.173 e. The van der Waals surface area contributed by atoms with Gasteiger partial charge in [-0.3, -0.25) is 4.57 Å². The number of nitrogens with zero attached hydrogens (tertiary/aromatic N) is 2. The third-order valence-electron chi connectivity index (χ3n) is 4.41. The Morgan fingerprint density at radius 1 is 0.929 bits per heavy atom. The first-order valence-corrected chi connectivity index (χ1v) is 9.88. The Morgan fingerprint density at radius 3 is 2.32 bits per heavy atom. The summed E-state index contributed by atoms with van der Waals surface area (Å²) in [6, 6.07) is 24.6. The Kier molecular flexibility index (Phi) is 5.44. The third-order valence-corrected chi connectivity index (χ3v) is 5.43. The van der Waals surface area contributed by atoms with E-state index in [-0.39, 0.29) is 5.82 Å². The number of hydrogen-bond donors (Lipinski definition) is 0. The molecular weight excluding hydrogens is 371 g/mol. The fourth-order valence-electron chi connectivity index (χ4n) is 2.96. The van der Waals surface area contributed by atoms with Gasteiger partial charge in [0.25, 0.3) is 0 Å². The van der Waals surface area contributed by atoms with Crippen molar-refractivity contribution in [1.29, 1.82) is 0 Å². The van der Waals surface area contributed by atoms with Crippen molar-refractivity contribution >= 4 is 11.8 Å². The molecule has 3 aromatic carbocycles. The van der Waals surface area contributed by atoms with E-state index in [0.29, 0.717) is 0 Å². The van der Waals surface area contributed by atoms with E-state index in [1.165, 1.54) is 17.7 Å². The zero-order valence-corrected chi connectivity index (χ0v) is 16.2. The Hall–Kier alpha value is -3.05. The third kappa shape index (κ3) is 3.94. The Bertz CT molecular complexity index is 1040. The summed E-state index contributed by atoms with van der Waals surface area (Å²) in [5.74, 6) is 1.36. The minimum Gasteiger partial charge on any atom is -0.497 e. The second-order valence-corrected chi connectivity index (χ2v) is 7.18. The minimum atomic E-state index is -0.252. The van der Waals surface area contributed by atoms with Gasteiger partial charge >= 0.3 is 0 Å². The van der Waals surface area contributed by atoms with E-state index in [4.69, 9.17) is 4.74 Å². The molecule has 0 N–H and O–H groups in total. The standard InChI is InChI=1S/C23H19FN2OS/c1-27-21-13-11-20(12-14-21)26-22(18-7-9-19(24)10-8-18)15-25-23(26)28-16-17-5-3-2-4-6-17/h2-15H,16H2,1H3. The lowest BCUT2D eigenvalue weighted by Gasteiger charge is -2.13. The molecular formula is C23H19FN2OS. The fourth-order valence-corrected chi connectivity index (χ4v) is 3.91. The summed E-state index contributed by atoms with van der Waals surface area (Å²) in [4.78, 5) is 4.65. The molecule has 0 unspecified atom stereocenters. The number of benzene rings is 3. The van der Waals surface area contributed by atoms with Crippen molar-refractivity contribution < 1.29 is 9.13 Å². The van der Waals surface area contributed by atoms with Crippen molar-refractivity contribution in [2.24, 2.45) is 0 Å². The molecule has 1 aromatic heterocycles. The van der Waals surface area contributed by atoms with Gasteiger partial charge in [0.1, 0.15) is 11.6 Å². The second-order valence-electron chi connectivity index (χ2n) is 6.24. The van der Waals surface area contributed by atoms with Crippen LogP contribution in [0.3, 0.4) is 0 Å². The predicted octanol–water partition coefficient (Wildman–Crippen LogP) is 5.98.